The van der Waals surface area contributed by atoms with Crippen LogP contribution < -0.4 is 14.4 Å². The van der Waals surface area contributed by atoms with Gasteiger partial charge in [-0.15, -0.1) is 0 Å². The van der Waals surface area contributed by atoms with E-state index in [2.05, 4.69) is 36.9 Å². The van der Waals surface area contributed by atoms with Gasteiger partial charge in [0.15, 0.2) is 0 Å². The Labute approximate surface area is 219 Å². The molecule has 0 amide bonds. The van der Waals surface area contributed by atoms with Gasteiger partial charge in [-0.1, -0.05) is 44.2 Å². The summed E-state index contributed by atoms with van der Waals surface area (Å²) < 4.78 is 12.2. The third-order valence-electron chi connectivity index (χ3n) is 7.74. The Morgan fingerprint density at radius 3 is 2.49 bits per heavy atom. The lowest BCUT2D eigenvalue weighted by molar-refractivity contribution is -0.136. The van der Waals surface area contributed by atoms with E-state index in [9.17, 15) is 9.90 Å². The Morgan fingerprint density at radius 2 is 1.78 bits per heavy atom. The number of fused-ring (bicyclic) bond motifs is 1. The molecule has 1 fully saturated rings. The average Bonchev–Trinajstić information content (AvgIpc) is 2.86. The molecule has 5 rings (SSSR count). The zero-order valence-corrected chi connectivity index (χ0v) is 22.2. The van der Waals surface area contributed by atoms with E-state index in [0.29, 0.717) is 12.0 Å². The minimum Gasteiger partial charge on any atom is -0.493 e. The van der Waals surface area contributed by atoms with Gasteiger partial charge in [-0.3, -0.25) is 9.78 Å². The number of anilines is 1. The molecule has 0 saturated carbocycles. The summed E-state index contributed by atoms with van der Waals surface area (Å²) in [7, 11) is 0. The van der Waals surface area contributed by atoms with E-state index in [1.165, 1.54) is 0 Å². The number of piperidine rings is 1. The fourth-order valence-corrected chi connectivity index (χ4v) is 5.56. The second-order valence-electron chi connectivity index (χ2n) is 11.0. The molecule has 1 unspecified atom stereocenters. The van der Waals surface area contributed by atoms with Crippen LogP contribution in [0.4, 0.5) is 5.69 Å². The number of carboxylic acids is 1. The molecule has 0 spiro atoms. The Balaban J connectivity index is 1.49. The summed E-state index contributed by atoms with van der Waals surface area (Å²) in [6.45, 7) is 11.0. The van der Waals surface area contributed by atoms with Gasteiger partial charge in [0.2, 0.25) is 0 Å². The van der Waals surface area contributed by atoms with Gasteiger partial charge < -0.3 is 19.5 Å². The molecular weight excluding hydrogens is 464 g/mol. The summed E-state index contributed by atoms with van der Waals surface area (Å²) in [5.74, 6) is 0.853. The van der Waals surface area contributed by atoms with E-state index >= 15 is 0 Å². The van der Waals surface area contributed by atoms with Crippen molar-refractivity contribution in [3.8, 4) is 22.6 Å². The highest BCUT2D eigenvalue weighted by molar-refractivity contribution is 5.86. The van der Waals surface area contributed by atoms with Crippen LogP contribution in [0.3, 0.4) is 0 Å². The molecule has 194 valence electrons. The van der Waals surface area contributed by atoms with Gasteiger partial charge in [0.1, 0.15) is 17.6 Å². The first-order valence-electron chi connectivity index (χ1n) is 13.2. The van der Waals surface area contributed by atoms with E-state index in [4.69, 9.17) is 14.5 Å². The molecule has 3 heterocycles. The lowest BCUT2D eigenvalue weighted by Crippen LogP contribution is -2.38. The van der Waals surface area contributed by atoms with E-state index in [1.54, 1.807) is 0 Å². The SMILES string of the molecule is Cc1nc(C)c(-c2ccc(OC3CCOc4ccccc43)cc2)c(N2CCC(C)(C)CC2)c1CC(=O)O. The average molecular weight is 501 g/mol. The molecule has 2 aliphatic rings. The van der Waals surface area contributed by atoms with Gasteiger partial charge in [0, 0.05) is 47.6 Å². The monoisotopic (exact) mass is 500 g/mol. The first-order valence-corrected chi connectivity index (χ1v) is 13.2. The third kappa shape index (κ3) is 5.29. The highest BCUT2D eigenvalue weighted by Crippen LogP contribution is 2.42. The number of aromatic nitrogens is 1. The second-order valence-corrected chi connectivity index (χ2v) is 11.0. The molecule has 3 aromatic rings. The van der Waals surface area contributed by atoms with Crippen molar-refractivity contribution in [1.82, 2.24) is 4.98 Å². The maximum absolute atomic E-state index is 11.8. The molecule has 0 aliphatic carbocycles. The number of ether oxygens (including phenoxy) is 2. The number of hydrogen-bond acceptors (Lipinski definition) is 5. The van der Waals surface area contributed by atoms with Crippen LogP contribution in [-0.2, 0) is 11.2 Å². The number of hydrogen-bond donors (Lipinski definition) is 1. The number of carboxylic acid groups (broad SMARTS) is 1. The first-order chi connectivity index (χ1) is 17.7. The lowest BCUT2D eigenvalue weighted by Gasteiger charge is -2.40. The Morgan fingerprint density at radius 1 is 1.08 bits per heavy atom. The molecule has 1 saturated heterocycles. The lowest BCUT2D eigenvalue weighted by atomic mass is 9.82. The van der Waals surface area contributed by atoms with Gasteiger partial charge in [-0.2, -0.15) is 0 Å². The Kier molecular flexibility index (Phi) is 6.84. The minimum atomic E-state index is -0.834. The van der Waals surface area contributed by atoms with Gasteiger partial charge in [-0.05, 0) is 55.9 Å². The van der Waals surface area contributed by atoms with Crippen LogP contribution in [0.15, 0.2) is 48.5 Å². The van der Waals surface area contributed by atoms with E-state index in [0.717, 1.165) is 83.2 Å². The summed E-state index contributed by atoms with van der Waals surface area (Å²) in [6.07, 6.45) is 2.85. The van der Waals surface area contributed by atoms with Crippen LogP contribution in [0.1, 0.15) is 61.7 Å². The van der Waals surface area contributed by atoms with Crippen LogP contribution in [0.25, 0.3) is 11.1 Å². The van der Waals surface area contributed by atoms with Crippen molar-refractivity contribution in [1.29, 1.82) is 0 Å². The van der Waals surface area contributed by atoms with Crippen molar-refractivity contribution < 1.29 is 19.4 Å². The van der Waals surface area contributed by atoms with E-state index in [-0.39, 0.29) is 12.5 Å². The summed E-state index contributed by atoms with van der Waals surface area (Å²) >= 11 is 0. The number of nitrogens with zero attached hydrogens (tertiary/aromatic N) is 2. The van der Waals surface area contributed by atoms with E-state index < -0.39 is 5.97 Å². The third-order valence-corrected chi connectivity index (χ3v) is 7.74. The number of pyridine rings is 1. The summed E-state index contributed by atoms with van der Waals surface area (Å²) in [5, 5.41) is 9.72. The van der Waals surface area contributed by atoms with Crippen molar-refractivity contribution in [2.45, 2.75) is 59.5 Å². The molecule has 6 nitrogen and oxygen atoms in total. The van der Waals surface area contributed by atoms with Crippen LogP contribution in [0.5, 0.6) is 11.5 Å². The van der Waals surface area contributed by atoms with Crippen LogP contribution >= 0.6 is 0 Å². The molecule has 1 atom stereocenters. The van der Waals surface area contributed by atoms with Crippen LogP contribution in [0, 0.1) is 19.3 Å². The van der Waals surface area contributed by atoms with Crippen molar-refractivity contribution >= 4 is 11.7 Å². The Bertz CT molecular complexity index is 1290. The molecule has 2 aromatic carbocycles. The quantitative estimate of drug-likeness (QED) is 0.415. The second kappa shape index (κ2) is 10.1. The predicted octanol–water partition coefficient (Wildman–Crippen LogP) is 6.52. The number of rotatable bonds is 6. The molecular formula is C31H36N2O4. The zero-order chi connectivity index (χ0) is 26.2. The molecule has 2 aliphatic heterocycles. The molecule has 1 aromatic heterocycles. The van der Waals surface area contributed by atoms with Crippen LogP contribution in [-0.4, -0.2) is 35.8 Å². The summed E-state index contributed by atoms with van der Waals surface area (Å²) in [5.41, 5.74) is 6.95. The van der Waals surface area contributed by atoms with Crippen LogP contribution in [0.2, 0.25) is 0 Å². The number of aliphatic carboxylic acids is 1. The predicted molar refractivity (Wildman–Crippen MR) is 146 cm³/mol. The number of aryl methyl sites for hydroxylation is 2. The molecule has 0 radical (unpaired) electrons. The van der Waals surface area contributed by atoms with Gasteiger partial charge in [0.25, 0.3) is 0 Å². The van der Waals surface area contributed by atoms with Crippen molar-refractivity contribution in [3.05, 3.63) is 71.0 Å². The molecule has 0 bridgehead atoms. The first kappa shape index (κ1) is 25.1. The Hall–Kier alpha value is -3.54. The highest BCUT2D eigenvalue weighted by atomic mass is 16.5. The molecule has 37 heavy (non-hydrogen) atoms. The summed E-state index contributed by atoms with van der Waals surface area (Å²) in [6, 6.07) is 16.2. The fraction of sp³-hybridized carbons (Fsp3) is 0.419. The number of carbonyl (C=O) groups is 1. The van der Waals surface area contributed by atoms with Crippen molar-refractivity contribution in [2.75, 3.05) is 24.6 Å². The van der Waals surface area contributed by atoms with Gasteiger partial charge in [0.05, 0.1) is 18.7 Å². The smallest absolute Gasteiger partial charge is 0.307 e. The normalized spacial score (nSPS) is 18.6. The van der Waals surface area contributed by atoms with Crippen molar-refractivity contribution in [2.24, 2.45) is 5.41 Å². The molecule has 6 heteroatoms. The maximum atomic E-state index is 11.8. The minimum absolute atomic E-state index is 0.0360. The number of para-hydroxylation sites is 1. The fourth-order valence-electron chi connectivity index (χ4n) is 5.56. The highest BCUT2D eigenvalue weighted by Gasteiger charge is 2.30. The standard InChI is InChI=1S/C31H36N2O4/c1-20-25(19-28(34)35)30(33-16-14-31(3,4)15-17-33)29(21(2)32-20)22-9-11-23(12-10-22)37-27-13-18-36-26-8-6-5-7-24(26)27/h5-12,27H,13-19H2,1-4H3,(H,34,35). The maximum Gasteiger partial charge on any atom is 0.307 e. The van der Waals surface area contributed by atoms with E-state index in [1.807, 2.05) is 44.2 Å². The van der Waals surface area contributed by atoms with Gasteiger partial charge >= 0.3 is 5.97 Å². The topological polar surface area (TPSA) is 71.9 Å². The van der Waals surface area contributed by atoms with Crippen molar-refractivity contribution in [3.63, 3.8) is 0 Å². The zero-order valence-electron chi connectivity index (χ0n) is 22.2. The molecule has 1 N–H and O–H groups in total. The number of benzene rings is 2. The summed E-state index contributed by atoms with van der Waals surface area (Å²) in [4.78, 5) is 19.0. The van der Waals surface area contributed by atoms with Gasteiger partial charge in [-0.25, -0.2) is 0 Å². The largest absolute Gasteiger partial charge is 0.493 e.